The Hall–Kier alpha value is -2.06. The number of fused-ring (bicyclic) bond motifs is 1. The molecule has 0 saturated carbocycles. The van der Waals surface area contributed by atoms with Crippen LogP contribution in [0.2, 0.25) is 0 Å². The number of aryl methyl sites for hydroxylation is 3. The molecule has 1 aromatic carbocycles. The van der Waals surface area contributed by atoms with E-state index in [2.05, 4.69) is 11.2 Å². The summed E-state index contributed by atoms with van der Waals surface area (Å²) < 4.78 is 33.9. The van der Waals surface area contributed by atoms with Gasteiger partial charge in [0.2, 0.25) is 16.8 Å². The van der Waals surface area contributed by atoms with Crippen LogP contribution in [0.15, 0.2) is 29.2 Å². The van der Waals surface area contributed by atoms with Crippen molar-refractivity contribution in [3.05, 3.63) is 35.7 Å². The summed E-state index contributed by atoms with van der Waals surface area (Å²) in [4.78, 5) is -0.0394. The van der Waals surface area contributed by atoms with Gasteiger partial charge in [0.05, 0.1) is 5.69 Å². The van der Waals surface area contributed by atoms with Gasteiger partial charge in [-0.05, 0) is 32.0 Å². The average molecular weight is 311 g/mol. The van der Waals surface area contributed by atoms with Crippen LogP contribution in [0.1, 0.15) is 11.4 Å². The maximum absolute atomic E-state index is 11.0. The molecule has 1 aliphatic heterocycles. The topological polar surface area (TPSA) is 96.4 Å². The number of nitrogens with zero attached hydrogens (tertiary/aromatic N) is 2. The van der Waals surface area contributed by atoms with E-state index < -0.39 is 10.0 Å². The molecule has 114 valence electrons. The van der Waals surface area contributed by atoms with Gasteiger partial charge in [0.25, 0.3) is 0 Å². The third kappa shape index (κ3) is 3.53. The van der Waals surface area contributed by atoms with Gasteiger partial charge < -0.3 is 9.47 Å². The lowest BCUT2D eigenvalue weighted by molar-refractivity contribution is 0.172. The molecule has 1 aromatic heterocycles. The minimum Gasteiger partial charge on any atom is -0.454 e. The Morgan fingerprint density at radius 2 is 2.00 bits per heavy atom. The second-order valence-electron chi connectivity index (χ2n) is 4.59. The summed E-state index contributed by atoms with van der Waals surface area (Å²) in [5, 5.41) is 9.09. The van der Waals surface area contributed by atoms with E-state index in [0.29, 0.717) is 5.75 Å². The molecule has 1 aliphatic rings. The molecule has 3 rings (SSSR count). The molecule has 0 unspecified atom stereocenters. The lowest BCUT2D eigenvalue weighted by Gasteiger charge is -2.01. The molecule has 0 amide bonds. The predicted octanol–water partition coefficient (Wildman–Crippen LogP) is 1.10. The summed E-state index contributed by atoms with van der Waals surface area (Å²) in [6.45, 7) is 4.06. The van der Waals surface area contributed by atoms with Crippen molar-refractivity contribution in [1.82, 2.24) is 9.78 Å². The number of ether oxygens (including phenoxy) is 2. The fourth-order valence-electron chi connectivity index (χ4n) is 1.87. The van der Waals surface area contributed by atoms with Crippen molar-refractivity contribution in [3.8, 4) is 11.5 Å². The molecule has 0 atom stereocenters. The van der Waals surface area contributed by atoms with Gasteiger partial charge in [-0.1, -0.05) is 6.07 Å². The fraction of sp³-hybridized carbons (Fsp3) is 0.308. The van der Waals surface area contributed by atoms with Crippen LogP contribution in [0, 0.1) is 13.8 Å². The smallest absolute Gasteiger partial charge is 0.241 e. The highest BCUT2D eigenvalue weighted by Crippen LogP contribution is 2.37. The van der Waals surface area contributed by atoms with Gasteiger partial charge in [0.1, 0.15) is 4.90 Å². The van der Waals surface area contributed by atoms with Crippen LogP contribution < -0.4 is 14.6 Å². The Labute approximate surface area is 123 Å². The highest BCUT2D eigenvalue weighted by molar-refractivity contribution is 7.89. The third-order valence-corrected chi connectivity index (χ3v) is 3.84. The number of para-hydroxylation sites is 1. The summed E-state index contributed by atoms with van der Waals surface area (Å²) in [6.07, 6.45) is 0. The maximum Gasteiger partial charge on any atom is 0.241 e. The molecular weight excluding hydrogens is 294 g/mol. The van der Waals surface area contributed by atoms with Crippen molar-refractivity contribution in [3.63, 3.8) is 0 Å². The number of hydrogen-bond donors (Lipinski definition) is 1. The summed E-state index contributed by atoms with van der Waals surface area (Å²) in [5.74, 6) is 0.608. The molecular formula is C13H17N3O4S. The zero-order valence-corrected chi connectivity index (χ0v) is 12.8. The van der Waals surface area contributed by atoms with Crippen molar-refractivity contribution >= 4 is 10.0 Å². The molecule has 0 aliphatic carbocycles. The van der Waals surface area contributed by atoms with E-state index in [1.807, 2.05) is 25.6 Å². The molecule has 2 heterocycles. The van der Waals surface area contributed by atoms with Crippen LogP contribution in [0.3, 0.4) is 0 Å². The van der Waals surface area contributed by atoms with Crippen LogP contribution in [0.25, 0.3) is 0 Å². The fourth-order valence-corrected chi connectivity index (χ4v) is 2.55. The molecule has 2 N–H and O–H groups in total. The summed E-state index contributed by atoms with van der Waals surface area (Å²) >= 11 is 0. The van der Waals surface area contributed by atoms with Gasteiger partial charge in [0, 0.05) is 12.7 Å². The Morgan fingerprint density at radius 1 is 1.29 bits per heavy atom. The zero-order valence-electron chi connectivity index (χ0n) is 12.0. The number of rotatable bonds is 1. The van der Waals surface area contributed by atoms with Crippen molar-refractivity contribution < 1.29 is 17.9 Å². The lowest BCUT2D eigenvalue weighted by Crippen LogP contribution is -2.12. The van der Waals surface area contributed by atoms with E-state index in [9.17, 15) is 8.42 Å². The second-order valence-corrected chi connectivity index (χ2v) is 6.12. The SMILES string of the molecule is Cc1cc(C)n(C)n1.NS(=O)(=O)c1cccc2c1OCO2. The quantitative estimate of drug-likeness (QED) is 0.850. The van der Waals surface area contributed by atoms with Crippen LogP contribution >= 0.6 is 0 Å². The molecule has 8 heteroatoms. The monoisotopic (exact) mass is 311 g/mol. The van der Waals surface area contributed by atoms with Crippen molar-refractivity contribution in [2.24, 2.45) is 12.2 Å². The lowest BCUT2D eigenvalue weighted by atomic mass is 10.3. The molecule has 0 saturated heterocycles. The first-order valence-corrected chi connectivity index (χ1v) is 7.72. The molecule has 0 fully saturated rings. The van der Waals surface area contributed by atoms with Gasteiger partial charge in [-0.15, -0.1) is 0 Å². The van der Waals surface area contributed by atoms with Gasteiger partial charge >= 0.3 is 0 Å². The summed E-state index contributed by atoms with van der Waals surface area (Å²) in [7, 11) is -1.79. The third-order valence-electron chi connectivity index (χ3n) is 2.90. The van der Waals surface area contributed by atoms with Gasteiger partial charge in [-0.25, -0.2) is 13.6 Å². The minimum atomic E-state index is -3.73. The van der Waals surface area contributed by atoms with Gasteiger partial charge in [-0.2, -0.15) is 5.10 Å². The van der Waals surface area contributed by atoms with Crippen molar-refractivity contribution in [2.75, 3.05) is 6.79 Å². The number of aromatic nitrogens is 2. The first-order chi connectivity index (χ1) is 9.79. The van der Waals surface area contributed by atoms with Crippen LogP contribution in [-0.2, 0) is 17.1 Å². The molecule has 0 radical (unpaired) electrons. The number of hydrogen-bond acceptors (Lipinski definition) is 5. The largest absolute Gasteiger partial charge is 0.454 e. The number of nitrogens with two attached hydrogens (primary N) is 1. The first-order valence-electron chi connectivity index (χ1n) is 6.17. The minimum absolute atomic E-state index is 0.0296. The van der Waals surface area contributed by atoms with Crippen LogP contribution in [-0.4, -0.2) is 25.0 Å². The Morgan fingerprint density at radius 3 is 2.48 bits per heavy atom. The average Bonchev–Trinajstić information content (AvgIpc) is 2.95. The van der Waals surface area contributed by atoms with E-state index in [-0.39, 0.29) is 17.4 Å². The molecule has 7 nitrogen and oxygen atoms in total. The van der Waals surface area contributed by atoms with Gasteiger partial charge in [0.15, 0.2) is 11.5 Å². The van der Waals surface area contributed by atoms with Crippen molar-refractivity contribution in [1.29, 1.82) is 0 Å². The van der Waals surface area contributed by atoms with E-state index in [1.54, 1.807) is 12.1 Å². The standard InChI is InChI=1S/C7H7NO4S.C6H10N2/c8-13(9,10)6-3-1-2-5-7(6)12-4-11-5;1-5-4-6(2)8(3)7-5/h1-3H,4H2,(H2,8,9,10);4H,1-3H3. The number of primary sulfonamides is 1. The van der Waals surface area contributed by atoms with Crippen LogP contribution in [0.4, 0.5) is 0 Å². The number of benzene rings is 1. The van der Waals surface area contributed by atoms with Gasteiger partial charge in [-0.3, -0.25) is 4.68 Å². The molecule has 21 heavy (non-hydrogen) atoms. The normalized spacial score (nSPS) is 12.8. The highest BCUT2D eigenvalue weighted by Gasteiger charge is 2.23. The Kier molecular flexibility index (Phi) is 4.19. The predicted molar refractivity (Wildman–Crippen MR) is 76.6 cm³/mol. The number of sulfonamides is 1. The van der Waals surface area contributed by atoms with Crippen molar-refractivity contribution in [2.45, 2.75) is 18.7 Å². The molecule has 0 spiro atoms. The zero-order chi connectivity index (χ0) is 15.6. The van der Waals surface area contributed by atoms with Crippen LogP contribution in [0.5, 0.6) is 11.5 Å². The van der Waals surface area contributed by atoms with E-state index in [0.717, 1.165) is 5.69 Å². The molecule has 0 bridgehead atoms. The second kappa shape index (κ2) is 5.74. The molecule has 2 aromatic rings. The Balaban J connectivity index is 0.000000173. The van der Waals surface area contributed by atoms with E-state index in [4.69, 9.17) is 14.6 Å². The summed E-state index contributed by atoms with van der Waals surface area (Å²) in [5.41, 5.74) is 2.30. The first kappa shape index (κ1) is 15.3. The highest BCUT2D eigenvalue weighted by atomic mass is 32.2. The maximum atomic E-state index is 11.0. The Bertz CT molecular complexity index is 733. The summed E-state index contributed by atoms with van der Waals surface area (Å²) in [6, 6.07) is 6.60. The van der Waals surface area contributed by atoms with E-state index >= 15 is 0 Å². The van der Waals surface area contributed by atoms with E-state index in [1.165, 1.54) is 11.8 Å².